The molecular weight excluding hydrogens is 316 g/mol. The van der Waals surface area contributed by atoms with Crippen molar-refractivity contribution in [3.63, 3.8) is 0 Å². The molecule has 0 aliphatic rings. The average Bonchev–Trinajstić information content (AvgIpc) is 2.48. The largest absolute Gasteiger partial charge is 0.436 e. The Morgan fingerprint density at radius 2 is 1.64 bits per heavy atom. The van der Waals surface area contributed by atoms with Crippen molar-refractivity contribution >= 4 is 23.6 Å². The fourth-order valence-corrected chi connectivity index (χ4v) is 1.62. The molecule has 0 spiro atoms. The molecule has 2 amide bonds. The topological polar surface area (TPSA) is 109 Å². The van der Waals surface area contributed by atoms with Crippen LogP contribution in [-0.4, -0.2) is 57.5 Å². The molecule has 0 aromatic rings. The Bertz CT molecular complexity index is 294. The van der Waals surface area contributed by atoms with Gasteiger partial charge in [0.1, 0.15) is 0 Å². The number of hydrogen-bond acceptors (Lipinski definition) is 6. The zero-order chi connectivity index (χ0) is 16.5. The first-order valence-corrected chi connectivity index (χ1v) is 7.77. The quantitative estimate of drug-likeness (QED) is 0.199. The number of nitrogens with two attached hydrogens (primary N) is 1. The fraction of sp³-hybridized carbons (Fsp3) is 0.846. The molecule has 9 heteroatoms. The predicted octanol–water partition coefficient (Wildman–Crippen LogP) is 0.962. The SMILES string of the molecule is NC(=O)OOCC(=O)NCCOCCOCCCCCCCl. The van der Waals surface area contributed by atoms with E-state index in [-0.39, 0.29) is 0 Å². The third-order valence-electron chi connectivity index (χ3n) is 2.44. The molecule has 8 nitrogen and oxygen atoms in total. The number of ether oxygens (including phenoxy) is 2. The third-order valence-corrected chi connectivity index (χ3v) is 2.71. The summed E-state index contributed by atoms with van der Waals surface area (Å²) in [6, 6.07) is 0. The number of halogens is 1. The minimum absolute atomic E-state index is 0.331. The van der Waals surface area contributed by atoms with Gasteiger partial charge in [0.2, 0.25) is 0 Å². The third kappa shape index (κ3) is 17.0. The van der Waals surface area contributed by atoms with Crippen LogP contribution in [0.1, 0.15) is 25.7 Å². The number of primary amides is 1. The van der Waals surface area contributed by atoms with E-state index < -0.39 is 18.6 Å². The fourth-order valence-electron chi connectivity index (χ4n) is 1.43. The summed E-state index contributed by atoms with van der Waals surface area (Å²) >= 11 is 5.58. The second-order valence-corrected chi connectivity index (χ2v) is 4.72. The van der Waals surface area contributed by atoms with Gasteiger partial charge >= 0.3 is 6.09 Å². The van der Waals surface area contributed by atoms with E-state index >= 15 is 0 Å². The highest BCUT2D eigenvalue weighted by molar-refractivity contribution is 6.17. The molecule has 0 heterocycles. The first kappa shape index (κ1) is 20.9. The molecule has 3 N–H and O–H groups in total. The first-order chi connectivity index (χ1) is 10.7. The van der Waals surface area contributed by atoms with Crippen LogP contribution in [0.25, 0.3) is 0 Å². The summed E-state index contributed by atoms with van der Waals surface area (Å²) in [5.74, 6) is 0.285. The normalized spacial score (nSPS) is 10.4. The van der Waals surface area contributed by atoms with Gasteiger partial charge in [-0.05, 0) is 12.8 Å². The maximum atomic E-state index is 11.1. The van der Waals surface area contributed by atoms with Crippen molar-refractivity contribution < 1.29 is 28.8 Å². The van der Waals surface area contributed by atoms with E-state index in [0.29, 0.717) is 26.4 Å². The van der Waals surface area contributed by atoms with Gasteiger partial charge in [-0.15, -0.1) is 11.6 Å². The lowest BCUT2D eigenvalue weighted by molar-refractivity contribution is -0.233. The van der Waals surface area contributed by atoms with Gasteiger partial charge in [0.15, 0.2) is 6.61 Å². The van der Waals surface area contributed by atoms with E-state index in [1.165, 1.54) is 0 Å². The Balaban J connectivity index is 3.13. The van der Waals surface area contributed by atoms with Crippen molar-refractivity contribution in [2.75, 3.05) is 45.5 Å². The lowest BCUT2D eigenvalue weighted by Gasteiger charge is -2.07. The highest BCUT2D eigenvalue weighted by Gasteiger charge is 2.03. The van der Waals surface area contributed by atoms with Crippen molar-refractivity contribution in [2.45, 2.75) is 25.7 Å². The molecule has 22 heavy (non-hydrogen) atoms. The van der Waals surface area contributed by atoms with E-state index in [2.05, 4.69) is 20.8 Å². The van der Waals surface area contributed by atoms with Gasteiger partial charge in [-0.2, -0.15) is 4.89 Å². The summed E-state index contributed by atoms with van der Waals surface area (Å²) in [4.78, 5) is 29.5. The van der Waals surface area contributed by atoms with Crippen LogP contribution in [0.3, 0.4) is 0 Å². The van der Waals surface area contributed by atoms with Crippen LogP contribution in [-0.2, 0) is 24.0 Å². The van der Waals surface area contributed by atoms with Gasteiger partial charge in [0, 0.05) is 19.0 Å². The maximum absolute atomic E-state index is 11.1. The first-order valence-electron chi connectivity index (χ1n) is 7.24. The monoisotopic (exact) mass is 340 g/mol. The average molecular weight is 341 g/mol. The number of rotatable bonds is 15. The van der Waals surface area contributed by atoms with Gasteiger partial charge in [-0.1, -0.05) is 12.8 Å². The molecule has 0 fully saturated rings. The molecule has 130 valence electrons. The lowest BCUT2D eigenvalue weighted by Crippen LogP contribution is -2.31. The van der Waals surface area contributed by atoms with Crippen LogP contribution in [0.2, 0.25) is 0 Å². The summed E-state index contributed by atoms with van der Waals surface area (Å²) in [6.07, 6.45) is 3.24. The van der Waals surface area contributed by atoms with Gasteiger partial charge < -0.3 is 20.5 Å². The van der Waals surface area contributed by atoms with Gasteiger partial charge in [-0.3, -0.25) is 9.68 Å². The van der Waals surface area contributed by atoms with Crippen LogP contribution < -0.4 is 11.1 Å². The summed E-state index contributed by atoms with van der Waals surface area (Å²) in [6.45, 7) is 2.01. The van der Waals surface area contributed by atoms with Crippen molar-refractivity contribution in [2.24, 2.45) is 5.73 Å². The maximum Gasteiger partial charge on any atom is 0.436 e. The number of unbranched alkanes of at least 4 members (excludes halogenated alkanes) is 3. The van der Waals surface area contributed by atoms with Crippen molar-refractivity contribution in [1.82, 2.24) is 5.32 Å². The highest BCUT2D eigenvalue weighted by Crippen LogP contribution is 2.00. The molecule has 0 saturated carbocycles. The number of hydrogen-bond donors (Lipinski definition) is 2. The Labute approximate surface area is 135 Å². The van der Waals surface area contributed by atoms with Crippen LogP contribution in [0, 0.1) is 0 Å². The Kier molecular flexibility index (Phi) is 15.5. The summed E-state index contributed by atoms with van der Waals surface area (Å²) < 4.78 is 10.7. The van der Waals surface area contributed by atoms with Crippen LogP contribution in [0.5, 0.6) is 0 Å². The van der Waals surface area contributed by atoms with E-state index in [1.807, 2.05) is 0 Å². The van der Waals surface area contributed by atoms with Gasteiger partial charge in [0.05, 0.1) is 19.8 Å². The zero-order valence-corrected chi connectivity index (χ0v) is 13.4. The minimum atomic E-state index is -1.10. The number of amides is 2. The Hall–Kier alpha value is -1.09. The molecule has 0 atom stereocenters. The second kappa shape index (κ2) is 16.3. The Morgan fingerprint density at radius 3 is 2.32 bits per heavy atom. The summed E-state index contributed by atoms with van der Waals surface area (Å²) in [7, 11) is 0. The second-order valence-electron chi connectivity index (χ2n) is 4.34. The van der Waals surface area contributed by atoms with Gasteiger partial charge in [-0.25, -0.2) is 4.79 Å². The molecule has 0 radical (unpaired) electrons. The molecule has 0 aliphatic heterocycles. The molecule has 0 unspecified atom stereocenters. The van der Waals surface area contributed by atoms with E-state index in [9.17, 15) is 9.59 Å². The molecule has 0 aliphatic carbocycles. The summed E-state index contributed by atoms with van der Waals surface area (Å²) in [5, 5.41) is 2.51. The number of alkyl halides is 1. The molecule has 0 saturated heterocycles. The van der Waals surface area contributed by atoms with E-state index in [4.69, 9.17) is 21.1 Å². The molecular formula is C13H25ClN2O6. The van der Waals surface area contributed by atoms with Crippen LogP contribution in [0.4, 0.5) is 4.79 Å². The standard InChI is InChI=1S/C13H25ClN2O6/c14-5-3-1-2-4-7-19-9-10-20-8-6-16-12(17)11-21-22-13(15)18/h1-11H2,(H2,15,18)(H,16,17). The Morgan fingerprint density at radius 1 is 0.955 bits per heavy atom. The molecule has 0 rings (SSSR count). The molecule has 0 aromatic carbocycles. The van der Waals surface area contributed by atoms with Crippen LogP contribution >= 0.6 is 11.6 Å². The minimum Gasteiger partial charge on any atom is -0.379 e. The predicted molar refractivity (Wildman–Crippen MR) is 80.5 cm³/mol. The molecule has 0 bridgehead atoms. The van der Waals surface area contributed by atoms with E-state index in [1.54, 1.807) is 0 Å². The smallest absolute Gasteiger partial charge is 0.379 e. The number of nitrogens with one attached hydrogen (secondary N) is 1. The van der Waals surface area contributed by atoms with Crippen molar-refractivity contribution in [3.05, 3.63) is 0 Å². The summed E-state index contributed by atoms with van der Waals surface area (Å²) in [5.41, 5.74) is 4.64. The lowest BCUT2D eigenvalue weighted by atomic mass is 10.2. The number of carbonyl (C=O) groups excluding carboxylic acids is 2. The van der Waals surface area contributed by atoms with E-state index in [0.717, 1.165) is 38.2 Å². The van der Waals surface area contributed by atoms with Crippen molar-refractivity contribution in [1.29, 1.82) is 0 Å². The van der Waals surface area contributed by atoms with Gasteiger partial charge in [0.25, 0.3) is 5.91 Å². The highest BCUT2D eigenvalue weighted by atomic mass is 35.5. The zero-order valence-electron chi connectivity index (χ0n) is 12.7. The molecule has 0 aromatic heterocycles. The number of carbonyl (C=O) groups is 2. The van der Waals surface area contributed by atoms with Crippen LogP contribution in [0.15, 0.2) is 0 Å². The van der Waals surface area contributed by atoms with Crippen molar-refractivity contribution in [3.8, 4) is 0 Å².